The minimum Gasteiger partial charge on any atom is -0.456 e. The van der Waals surface area contributed by atoms with E-state index in [0.717, 1.165) is 56.5 Å². The summed E-state index contributed by atoms with van der Waals surface area (Å²) in [4.78, 5) is 4.74. The van der Waals surface area contributed by atoms with Gasteiger partial charge in [-0.15, -0.1) is 0 Å². The van der Waals surface area contributed by atoms with Crippen LogP contribution in [0.2, 0.25) is 0 Å². The molecule has 14 aromatic carbocycles. The zero-order valence-electron chi connectivity index (χ0n) is 51.7. The molecule has 18 rings (SSSR count). The van der Waals surface area contributed by atoms with Crippen molar-refractivity contribution in [2.75, 3.05) is 9.80 Å². The molecule has 0 saturated carbocycles. The molecule has 0 saturated heterocycles. The van der Waals surface area contributed by atoms with E-state index in [-0.39, 0.29) is 10.8 Å². The molecule has 0 unspecified atom stereocenters. The highest BCUT2D eigenvalue weighted by Gasteiger charge is 2.40. The van der Waals surface area contributed by atoms with Gasteiger partial charge in [0.2, 0.25) is 0 Å². The van der Waals surface area contributed by atoms with Crippen LogP contribution in [-0.4, -0.2) is 0 Å². The Kier molecular flexibility index (Phi) is 12.9. The van der Waals surface area contributed by atoms with Crippen molar-refractivity contribution in [1.29, 1.82) is 0 Å². The zero-order valence-corrected chi connectivity index (χ0v) is 51.7. The molecule has 2 aromatic heterocycles. The van der Waals surface area contributed by atoms with Crippen LogP contribution in [0.1, 0.15) is 49.9 Å². The van der Waals surface area contributed by atoms with Crippen molar-refractivity contribution in [3.63, 3.8) is 0 Å². The highest BCUT2D eigenvalue weighted by molar-refractivity contribution is 6.16. The average molecular weight is 1180 g/mol. The topological polar surface area (TPSA) is 32.8 Å². The molecular weight excluding hydrogens is 1120 g/mol. The molecule has 0 bridgehead atoms. The van der Waals surface area contributed by atoms with Crippen LogP contribution < -0.4 is 9.80 Å². The van der Waals surface area contributed by atoms with Gasteiger partial charge in [-0.3, -0.25) is 0 Å². The van der Waals surface area contributed by atoms with Crippen LogP contribution in [0.15, 0.2) is 324 Å². The Morgan fingerprint density at radius 3 is 1.03 bits per heavy atom. The molecule has 2 aliphatic rings. The molecule has 0 spiro atoms. The van der Waals surface area contributed by atoms with E-state index in [2.05, 4.69) is 341 Å². The van der Waals surface area contributed by atoms with Crippen LogP contribution in [0.4, 0.5) is 34.1 Å². The number of benzene rings is 14. The Balaban J connectivity index is 0.000000141. The fourth-order valence-corrected chi connectivity index (χ4v) is 14.9. The lowest BCUT2D eigenvalue weighted by Crippen LogP contribution is -2.15. The maximum absolute atomic E-state index is 6.36. The van der Waals surface area contributed by atoms with Crippen molar-refractivity contribution in [3.8, 4) is 55.6 Å². The first kappa shape index (κ1) is 54.7. The summed E-state index contributed by atoms with van der Waals surface area (Å²) < 4.78 is 12.7. The van der Waals surface area contributed by atoms with Gasteiger partial charge in [0, 0.05) is 66.5 Å². The van der Waals surface area contributed by atoms with E-state index in [1.165, 1.54) is 110 Å². The number of anilines is 6. The Morgan fingerprint density at radius 1 is 0.239 bits per heavy atom. The third-order valence-electron chi connectivity index (χ3n) is 19.5. The van der Waals surface area contributed by atoms with E-state index in [1.807, 2.05) is 12.1 Å². The number of fused-ring (bicyclic) bond motifs is 15. The van der Waals surface area contributed by atoms with Gasteiger partial charge in [0.25, 0.3) is 0 Å². The van der Waals surface area contributed by atoms with Crippen molar-refractivity contribution < 1.29 is 8.83 Å². The van der Waals surface area contributed by atoms with Gasteiger partial charge in [-0.25, -0.2) is 0 Å². The van der Waals surface area contributed by atoms with Crippen LogP contribution in [0.3, 0.4) is 0 Å². The summed E-state index contributed by atoms with van der Waals surface area (Å²) in [6.45, 7) is 9.36. The molecule has 16 aromatic rings. The van der Waals surface area contributed by atoms with Crippen LogP contribution in [-0.2, 0) is 10.8 Å². The maximum Gasteiger partial charge on any atom is 0.136 e. The standard InChI is InChI=1S/C45H33NO.C43H31NO/c1-45(2)39-26-25-36(29-38(39)43-40(45)27-28-42-44(43)37-15-9-10-16-41(37)47-42)46(34-21-17-32(18-22-34)30-11-5-3-6-12-30)35-23-19-33(20-24-35)31-13-7-4-8-14-31;1-43(2)37-23-22-34(27-36(37)41-38(43)24-25-40-42(41)35-14-8-9-15-39(35)45-40)44(32-12-4-3-5-13-32)33-20-18-29(19-21-33)31-17-16-28-10-6-7-11-30(28)26-31/h3-29H,1-2H3;3-27H,1-2H3. The quantitative estimate of drug-likeness (QED) is 0.144. The van der Waals surface area contributed by atoms with Gasteiger partial charge in [0.05, 0.1) is 0 Å². The molecule has 0 aliphatic heterocycles. The number of hydrogen-bond donors (Lipinski definition) is 0. The second-order valence-corrected chi connectivity index (χ2v) is 25.6. The Hall–Kier alpha value is -11.5. The molecule has 2 aliphatic carbocycles. The first-order valence-corrected chi connectivity index (χ1v) is 31.9. The smallest absolute Gasteiger partial charge is 0.136 e. The predicted octanol–water partition coefficient (Wildman–Crippen LogP) is 24.9. The van der Waals surface area contributed by atoms with E-state index in [9.17, 15) is 0 Å². The maximum atomic E-state index is 6.36. The van der Waals surface area contributed by atoms with Gasteiger partial charge in [-0.2, -0.15) is 0 Å². The number of nitrogens with zero attached hydrogens (tertiary/aromatic N) is 2. The summed E-state index contributed by atoms with van der Waals surface area (Å²) in [5, 5.41) is 7.26. The summed E-state index contributed by atoms with van der Waals surface area (Å²) >= 11 is 0. The van der Waals surface area contributed by atoms with E-state index in [0.29, 0.717) is 0 Å². The lowest BCUT2D eigenvalue weighted by molar-refractivity contribution is 0.656. The number of para-hydroxylation sites is 3. The van der Waals surface area contributed by atoms with E-state index < -0.39 is 0 Å². The van der Waals surface area contributed by atoms with Gasteiger partial charge >= 0.3 is 0 Å². The summed E-state index contributed by atoms with van der Waals surface area (Å²) in [6.07, 6.45) is 0. The van der Waals surface area contributed by atoms with Gasteiger partial charge in [0.15, 0.2) is 0 Å². The monoisotopic (exact) mass is 1180 g/mol. The van der Waals surface area contributed by atoms with Crippen molar-refractivity contribution in [1.82, 2.24) is 0 Å². The van der Waals surface area contributed by atoms with Crippen LogP contribution in [0, 0.1) is 0 Å². The van der Waals surface area contributed by atoms with Crippen molar-refractivity contribution in [2.24, 2.45) is 0 Å². The Bertz CT molecular complexity index is 5410. The molecule has 438 valence electrons. The zero-order chi connectivity index (χ0) is 61.7. The normalized spacial score (nSPS) is 13.2. The largest absolute Gasteiger partial charge is 0.456 e. The molecular formula is C88H64N2O2. The first-order valence-electron chi connectivity index (χ1n) is 31.9. The second-order valence-electron chi connectivity index (χ2n) is 25.6. The predicted molar refractivity (Wildman–Crippen MR) is 386 cm³/mol. The van der Waals surface area contributed by atoms with Crippen LogP contribution >= 0.6 is 0 Å². The molecule has 4 nitrogen and oxygen atoms in total. The second kappa shape index (κ2) is 21.7. The van der Waals surface area contributed by atoms with Gasteiger partial charge < -0.3 is 18.6 Å². The minimum absolute atomic E-state index is 0.116. The minimum atomic E-state index is -0.130. The fraction of sp³-hybridized carbons (Fsp3) is 0.0682. The highest BCUT2D eigenvalue weighted by Crippen LogP contribution is 2.57. The van der Waals surface area contributed by atoms with Crippen molar-refractivity contribution in [2.45, 2.75) is 38.5 Å². The molecule has 0 atom stereocenters. The Morgan fingerprint density at radius 2 is 0.576 bits per heavy atom. The van der Waals surface area contributed by atoms with Gasteiger partial charge in [-0.1, -0.05) is 240 Å². The molecule has 4 heteroatoms. The third kappa shape index (κ3) is 9.04. The lowest BCUT2D eigenvalue weighted by Gasteiger charge is -2.27. The first-order chi connectivity index (χ1) is 45.1. The van der Waals surface area contributed by atoms with Crippen molar-refractivity contribution >= 4 is 88.8 Å². The van der Waals surface area contributed by atoms with E-state index in [1.54, 1.807) is 0 Å². The summed E-state index contributed by atoms with van der Waals surface area (Å²) in [5.74, 6) is 0. The third-order valence-corrected chi connectivity index (χ3v) is 19.5. The molecule has 92 heavy (non-hydrogen) atoms. The molecule has 0 fully saturated rings. The lowest BCUT2D eigenvalue weighted by atomic mass is 9.82. The summed E-state index contributed by atoms with van der Waals surface area (Å²) in [5.41, 5.74) is 28.0. The molecule has 2 heterocycles. The number of furan rings is 2. The molecule has 0 amide bonds. The Labute approximate surface area is 536 Å². The SMILES string of the molecule is CC1(C)c2ccc(N(c3ccc(-c4ccccc4)cc3)c3ccc(-c4ccccc4)cc3)cc2-c2c1ccc1oc3ccccc3c21.CC1(C)c2ccc(N(c3ccccc3)c3ccc(-c4ccc5ccccc5c4)cc3)cc2-c2c1ccc1oc3ccccc3c21. The van der Waals surface area contributed by atoms with Crippen LogP contribution in [0.5, 0.6) is 0 Å². The molecule has 0 radical (unpaired) electrons. The van der Waals surface area contributed by atoms with Gasteiger partial charge in [0.1, 0.15) is 22.3 Å². The van der Waals surface area contributed by atoms with Crippen molar-refractivity contribution in [3.05, 3.63) is 338 Å². The van der Waals surface area contributed by atoms with E-state index >= 15 is 0 Å². The van der Waals surface area contributed by atoms with E-state index in [4.69, 9.17) is 8.83 Å². The van der Waals surface area contributed by atoms with Crippen LogP contribution in [0.25, 0.3) is 110 Å². The number of hydrogen-bond acceptors (Lipinski definition) is 4. The fourth-order valence-electron chi connectivity index (χ4n) is 14.9. The summed E-state index contributed by atoms with van der Waals surface area (Å²) in [6, 6.07) is 113. The summed E-state index contributed by atoms with van der Waals surface area (Å²) in [7, 11) is 0. The highest BCUT2D eigenvalue weighted by atomic mass is 16.3. The number of rotatable bonds is 9. The average Bonchev–Trinajstić information content (AvgIpc) is 1.56. The van der Waals surface area contributed by atoms with Gasteiger partial charge in [-0.05, 0) is 192 Å². The molecule has 0 N–H and O–H groups in total.